The summed E-state index contributed by atoms with van der Waals surface area (Å²) in [6.07, 6.45) is 2.41. The van der Waals surface area contributed by atoms with Crippen molar-refractivity contribution in [2.45, 2.75) is 98.1 Å². The van der Waals surface area contributed by atoms with Gasteiger partial charge in [0.1, 0.15) is 5.60 Å². The smallest absolute Gasteiger partial charge is 0.460 e. The van der Waals surface area contributed by atoms with Gasteiger partial charge in [0.15, 0.2) is 0 Å². The van der Waals surface area contributed by atoms with Gasteiger partial charge in [0.25, 0.3) is 0 Å². The predicted octanol–water partition coefficient (Wildman–Crippen LogP) is 4.14. The third kappa shape index (κ3) is 6.23. The second kappa shape index (κ2) is 8.91. The summed E-state index contributed by atoms with van der Waals surface area (Å²) in [7, 11) is -0.618. The van der Waals surface area contributed by atoms with Crippen LogP contribution in [0.15, 0.2) is 11.5 Å². The zero-order chi connectivity index (χ0) is 22.9. The van der Waals surface area contributed by atoms with Gasteiger partial charge in [-0.05, 0) is 86.5 Å². The van der Waals surface area contributed by atoms with E-state index in [4.69, 9.17) is 18.8 Å². The zero-order valence-electron chi connectivity index (χ0n) is 20.0. The van der Waals surface area contributed by atoms with Crippen LogP contribution in [0.5, 0.6) is 0 Å². The van der Waals surface area contributed by atoms with E-state index in [1.165, 1.54) is 6.08 Å². The number of ether oxygens (including phenoxy) is 2. The highest BCUT2D eigenvalue weighted by molar-refractivity contribution is 6.55. The number of hydrogen-bond acceptors (Lipinski definition) is 6. The molecule has 0 aromatic rings. The lowest BCUT2D eigenvalue weighted by Crippen LogP contribution is -2.43. The molecule has 0 N–H and O–H groups in total. The monoisotopic (exact) mass is 423 g/mol. The molecular formula is C22H38BNO6. The number of esters is 1. The van der Waals surface area contributed by atoms with Crippen molar-refractivity contribution >= 4 is 19.2 Å². The van der Waals surface area contributed by atoms with Crippen molar-refractivity contribution in [1.29, 1.82) is 0 Å². The number of likely N-dealkylation sites (tertiary alicyclic amines) is 1. The summed E-state index contributed by atoms with van der Waals surface area (Å²) in [5, 5.41) is 0. The first-order valence-corrected chi connectivity index (χ1v) is 10.9. The van der Waals surface area contributed by atoms with E-state index in [1.54, 1.807) is 4.90 Å². The summed E-state index contributed by atoms with van der Waals surface area (Å²) in [6, 6.07) is 0. The molecule has 0 aromatic carbocycles. The first-order valence-electron chi connectivity index (χ1n) is 10.9. The molecule has 0 bridgehead atoms. The van der Waals surface area contributed by atoms with Crippen molar-refractivity contribution in [1.82, 2.24) is 4.90 Å². The fourth-order valence-electron chi connectivity index (χ4n) is 3.48. The maximum absolute atomic E-state index is 12.4. The standard InChI is InChI=1S/C22H38BNO6/c1-15(2)27-18(25)14-17(23-29-21(6,7)22(8,9)30-23)16-10-12-24(13-11-16)19(26)28-20(3,4)5/h14-16H,10-13H2,1-9H3/b17-14-. The van der Waals surface area contributed by atoms with E-state index in [0.29, 0.717) is 25.9 Å². The lowest BCUT2D eigenvalue weighted by Gasteiger charge is -2.34. The predicted molar refractivity (Wildman–Crippen MR) is 116 cm³/mol. The summed E-state index contributed by atoms with van der Waals surface area (Å²) in [5.74, 6) is -0.345. The van der Waals surface area contributed by atoms with Gasteiger partial charge in [-0.1, -0.05) is 0 Å². The van der Waals surface area contributed by atoms with Crippen molar-refractivity contribution in [3.63, 3.8) is 0 Å². The Kier molecular flexibility index (Phi) is 7.35. The van der Waals surface area contributed by atoms with Crippen LogP contribution in [0.25, 0.3) is 0 Å². The Morgan fingerprint density at radius 3 is 2.00 bits per heavy atom. The van der Waals surface area contributed by atoms with Gasteiger partial charge in [-0.2, -0.15) is 0 Å². The van der Waals surface area contributed by atoms with Gasteiger partial charge in [0.05, 0.1) is 17.3 Å². The van der Waals surface area contributed by atoms with E-state index in [2.05, 4.69) is 0 Å². The van der Waals surface area contributed by atoms with E-state index in [-0.39, 0.29) is 18.1 Å². The van der Waals surface area contributed by atoms with Crippen LogP contribution in [0, 0.1) is 5.92 Å². The molecule has 0 atom stereocenters. The van der Waals surface area contributed by atoms with Gasteiger partial charge in [-0.15, -0.1) is 0 Å². The molecule has 2 aliphatic heterocycles. The first kappa shape index (κ1) is 24.7. The minimum atomic E-state index is -0.618. The molecule has 2 heterocycles. The zero-order valence-corrected chi connectivity index (χ0v) is 20.0. The number of carbonyl (C=O) groups excluding carboxylic acids is 2. The highest BCUT2D eigenvalue weighted by Gasteiger charge is 2.53. The normalized spacial score (nSPS) is 22.4. The van der Waals surface area contributed by atoms with Gasteiger partial charge < -0.3 is 23.7 Å². The van der Waals surface area contributed by atoms with Gasteiger partial charge in [-0.25, -0.2) is 9.59 Å². The molecule has 0 aromatic heterocycles. The Labute approximate surface area is 181 Å². The number of piperidine rings is 1. The number of hydrogen-bond donors (Lipinski definition) is 0. The van der Waals surface area contributed by atoms with Crippen LogP contribution in [0.3, 0.4) is 0 Å². The van der Waals surface area contributed by atoms with Crippen molar-refractivity contribution in [2.24, 2.45) is 5.92 Å². The SMILES string of the molecule is CC(C)OC(=O)/C=C(\B1OC(C)(C)C(C)(C)O1)C1CCN(C(=O)OC(C)(C)C)CC1. The Balaban J connectivity index is 2.16. The largest absolute Gasteiger partial charge is 0.491 e. The van der Waals surface area contributed by atoms with Crippen molar-refractivity contribution in [3.05, 3.63) is 11.5 Å². The molecule has 170 valence electrons. The van der Waals surface area contributed by atoms with Gasteiger partial charge >= 0.3 is 19.2 Å². The third-order valence-corrected chi connectivity index (χ3v) is 5.78. The van der Waals surface area contributed by atoms with Crippen LogP contribution in [0.2, 0.25) is 0 Å². The molecule has 0 spiro atoms. The van der Waals surface area contributed by atoms with Crippen LogP contribution >= 0.6 is 0 Å². The van der Waals surface area contributed by atoms with Crippen LogP contribution in [0.4, 0.5) is 4.79 Å². The lowest BCUT2D eigenvalue weighted by molar-refractivity contribution is -0.141. The van der Waals surface area contributed by atoms with Gasteiger partial charge in [-0.3, -0.25) is 0 Å². The molecule has 30 heavy (non-hydrogen) atoms. The van der Waals surface area contributed by atoms with Crippen molar-refractivity contribution in [2.75, 3.05) is 13.1 Å². The molecule has 0 radical (unpaired) electrons. The van der Waals surface area contributed by atoms with Crippen LogP contribution in [-0.4, -0.2) is 60.1 Å². The van der Waals surface area contributed by atoms with E-state index in [1.807, 2.05) is 62.3 Å². The maximum Gasteiger partial charge on any atom is 0.491 e. The highest BCUT2D eigenvalue weighted by atomic mass is 16.7. The van der Waals surface area contributed by atoms with Crippen LogP contribution in [0.1, 0.15) is 75.2 Å². The van der Waals surface area contributed by atoms with E-state index >= 15 is 0 Å². The number of allylic oxidation sites excluding steroid dienone is 1. The van der Waals surface area contributed by atoms with Gasteiger partial charge in [0.2, 0.25) is 0 Å². The second-order valence-corrected chi connectivity index (χ2v) is 10.5. The molecule has 7 nitrogen and oxygen atoms in total. The van der Waals surface area contributed by atoms with Gasteiger partial charge in [0, 0.05) is 19.2 Å². The molecule has 0 saturated carbocycles. The summed E-state index contributed by atoms with van der Waals surface area (Å²) < 4.78 is 23.3. The molecule has 1 amide bonds. The molecule has 2 saturated heterocycles. The topological polar surface area (TPSA) is 74.3 Å². The summed E-state index contributed by atoms with van der Waals surface area (Å²) >= 11 is 0. The summed E-state index contributed by atoms with van der Waals surface area (Å²) in [6.45, 7) is 18.3. The molecular weight excluding hydrogens is 385 g/mol. The second-order valence-electron chi connectivity index (χ2n) is 10.5. The average Bonchev–Trinajstić information content (AvgIpc) is 2.78. The quantitative estimate of drug-likeness (QED) is 0.384. The van der Waals surface area contributed by atoms with Crippen molar-refractivity contribution in [3.8, 4) is 0 Å². The molecule has 2 aliphatic rings. The minimum Gasteiger partial charge on any atom is -0.460 e. The highest BCUT2D eigenvalue weighted by Crippen LogP contribution is 2.41. The van der Waals surface area contributed by atoms with E-state index < -0.39 is 29.9 Å². The Morgan fingerprint density at radius 2 is 1.57 bits per heavy atom. The fourth-order valence-corrected chi connectivity index (χ4v) is 3.48. The van der Waals surface area contributed by atoms with E-state index in [0.717, 1.165) is 5.47 Å². The Bertz CT molecular complexity index is 656. The Morgan fingerprint density at radius 1 is 1.07 bits per heavy atom. The number of amides is 1. The van der Waals surface area contributed by atoms with Crippen molar-refractivity contribution < 1.29 is 28.4 Å². The third-order valence-electron chi connectivity index (χ3n) is 5.78. The maximum atomic E-state index is 12.4. The Hall–Kier alpha value is -1.54. The molecule has 2 rings (SSSR count). The first-order chi connectivity index (χ1) is 13.6. The molecule has 0 unspecified atom stereocenters. The lowest BCUT2D eigenvalue weighted by atomic mass is 9.67. The van der Waals surface area contributed by atoms with Crippen LogP contribution < -0.4 is 0 Å². The molecule has 0 aliphatic carbocycles. The number of carbonyl (C=O) groups is 2. The van der Waals surface area contributed by atoms with E-state index in [9.17, 15) is 9.59 Å². The summed E-state index contributed by atoms with van der Waals surface area (Å²) in [4.78, 5) is 26.5. The minimum absolute atomic E-state index is 0.0538. The molecule has 8 heteroatoms. The fraction of sp³-hybridized carbons (Fsp3) is 0.818. The average molecular weight is 423 g/mol. The number of nitrogens with zero attached hydrogens (tertiary/aromatic N) is 1. The molecule has 2 fully saturated rings. The summed E-state index contributed by atoms with van der Waals surface area (Å²) in [5.41, 5.74) is -0.753. The van der Waals surface area contributed by atoms with Crippen LogP contribution in [-0.2, 0) is 23.6 Å². The number of rotatable bonds is 4.